The van der Waals surface area contributed by atoms with Crippen molar-refractivity contribution in [1.82, 2.24) is 0 Å². The van der Waals surface area contributed by atoms with E-state index in [1.54, 1.807) is 12.1 Å². The fraction of sp³-hybridized carbons (Fsp3) is 0.133. The minimum atomic E-state index is -1.36. The van der Waals surface area contributed by atoms with Crippen LogP contribution in [0.1, 0.15) is 15.9 Å². The Morgan fingerprint density at radius 3 is 2.55 bits per heavy atom. The second kappa shape index (κ2) is 6.06. The van der Waals surface area contributed by atoms with Crippen LogP contribution in [0.25, 0.3) is 0 Å². The van der Waals surface area contributed by atoms with E-state index in [4.69, 9.17) is 14.6 Å². The van der Waals surface area contributed by atoms with Gasteiger partial charge >= 0.3 is 5.97 Å². The number of benzene rings is 2. The molecule has 0 saturated heterocycles. The summed E-state index contributed by atoms with van der Waals surface area (Å²) in [5, 5.41) is 9.00. The SMILES string of the molecule is COc1ccccc1COc1cccc(F)c1C(=O)O. The van der Waals surface area contributed by atoms with Gasteiger partial charge in [0.25, 0.3) is 0 Å². The van der Waals surface area contributed by atoms with Gasteiger partial charge in [-0.3, -0.25) is 0 Å². The monoisotopic (exact) mass is 276 g/mol. The van der Waals surface area contributed by atoms with Crippen LogP contribution in [0, 0.1) is 5.82 Å². The summed E-state index contributed by atoms with van der Waals surface area (Å²) >= 11 is 0. The number of para-hydroxylation sites is 1. The van der Waals surface area contributed by atoms with Crippen LogP contribution in [0.2, 0.25) is 0 Å². The molecular weight excluding hydrogens is 263 g/mol. The van der Waals surface area contributed by atoms with Crippen molar-refractivity contribution in [2.24, 2.45) is 0 Å². The maximum atomic E-state index is 13.5. The zero-order valence-electron chi connectivity index (χ0n) is 10.8. The first kappa shape index (κ1) is 13.9. The van der Waals surface area contributed by atoms with E-state index in [2.05, 4.69) is 0 Å². The Morgan fingerprint density at radius 2 is 1.85 bits per heavy atom. The number of rotatable bonds is 5. The zero-order chi connectivity index (χ0) is 14.5. The molecule has 0 fully saturated rings. The van der Waals surface area contributed by atoms with E-state index < -0.39 is 17.3 Å². The molecule has 0 atom stereocenters. The highest BCUT2D eigenvalue weighted by molar-refractivity contribution is 5.91. The molecule has 0 saturated carbocycles. The van der Waals surface area contributed by atoms with Crippen molar-refractivity contribution in [3.8, 4) is 11.5 Å². The van der Waals surface area contributed by atoms with Crippen LogP contribution in [0.15, 0.2) is 42.5 Å². The van der Waals surface area contributed by atoms with Gasteiger partial charge in [-0.15, -0.1) is 0 Å². The fourth-order valence-electron chi connectivity index (χ4n) is 1.81. The molecule has 4 nitrogen and oxygen atoms in total. The van der Waals surface area contributed by atoms with Crippen LogP contribution in [0.5, 0.6) is 11.5 Å². The van der Waals surface area contributed by atoms with Crippen molar-refractivity contribution >= 4 is 5.97 Å². The second-order valence-electron chi connectivity index (χ2n) is 4.02. The lowest BCUT2D eigenvalue weighted by Crippen LogP contribution is -2.06. The first-order chi connectivity index (χ1) is 9.63. The Balaban J connectivity index is 2.23. The van der Waals surface area contributed by atoms with Crippen LogP contribution < -0.4 is 9.47 Å². The van der Waals surface area contributed by atoms with E-state index in [1.807, 2.05) is 12.1 Å². The summed E-state index contributed by atoms with van der Waals surface area (Å²) in [6.07, 6.45) is 0. The van der Waals surface area contributed by atoms with Gasteiger partial charge in [0.1, 0.15) is 29.5 Å². The highest BCUT2D eigenvalue weighted by Crippen LogP contribution is 2.24. The predicted molar refractivity (Wildman–Crippen MR) is 70.7 cm³/mol. The number of carboxylic acid groups (broad SMARTS) is 1. The summed E-state index contributed by atoms with van der Waals surface area (Å²) in [4.78, 5) is 11.0. The molecule has 0 amide bonds. The summed E-state index contributed by atoms with van der Waals surface area (Å²) in [7, 11) is 1.53. The third-order valence-corrected chi connectivity index (χ3v) is 2.76. The lowest BCUT2D eigenvalue weighted by molar-refractivity contribution is 0.0686. The molecule has 2 rings (SSSR count). The number of carbonyl (C=O) groups is 1. The van der Waals surface area contributed by atoms with Gasteiger partial charge < -0.3 is 14.6 Å². The van der Waals surface area contributed by atoms with E-state index in [0.29, 0.717) is 5.75 Å². The molecule has 0 aliphatic carbocycles. The van der Waals surface area contributed by atoms with E-state index in [0.717, 1.165) is 11.6 Å². The average Bonchev–Trinajstić information content (AvgIpc) is 2.45. The molecule has 2 aromatic carbocycles. The van der Waals surface area contributed by atoms with E-state index in [9.17, 15) is 9.18 Å². The number of methoxy groups -OCH3 is 1. The Labute approximate surface area is 115 Å². The van der Waals surface area contributed by atoms with Gasteiger partial charge in [0.05, 0.1) is 7.11 Å². The highest BCUT2D eigenvalue weighted by Gasteiger charge is 2.17. The molecule has 0 bridgehead atoms. The van der Waals surface area contributed by atoms with Crippen LogP contribution in [0.3, 0.4) is 0 Å². The molecule has 0 radical (unpaired) electrons. The average molecular weight is 276 g/mol. The third-order valence-electron chi connectivity index (χ3n) is 2.76. The van der Waals surface area contributed by atoms with Crippen molar-refractivity contribution in [1.29, 1.82) is 0 Å². The molecule has 20 heavy (non-hydrogen) atoms. The van der Waals surface area contributed by atoms with Crippen molar-refractivity contribution in [2.45, 2.75) is 6.61 Å². The quantitative estimate of drug-likeness (QED) is 0.911. The normalized spacial score (nSPS) is 10.1. The number of halogens is 1. The molecule has 0 aromatic heterocycles. The summed E-state index contributed by atoms with van der Waals surface area (Å²) in [5.74, 6) is -1.57. The van der Waals surface area contributed by atoms with Gasteiger partial charge in [-0.1, -0.05) is 24.3 Å². The van der Waals surface area contributed by atoms with Crippen molar-refractivity contribution < 1.29 is 23.8 Å². The van der Waals surface area contributed by atoms with Gasteiger partial charge in [0, 0.05) is 5.56 Å². The molecule has 0 spiro atoms. The smallest absolute Gasteiger partial charge is 0.342 e. The summed E-state index contributed by atoms with van der Waals surface area (Å²) in [5.41, 5.74) is 0.276. The zero-order valence-corrected chi connectivity index (χ0v) is 10.8. The molecule has 0 aliphatic rings. The minimum Gasteiger partial charge on any atom is -0.496 e. The molecular formula is C15H13FO4. The number of ether oxygens (including phenoxy) is 2. The van der Waals surface area contributed by atoms with Crippen molar-refractivity contribution in [3.63, 3.8) is 0 Å². The largest absolute Gasteiger partial charge is 0.496 e. The van der Waals surface area contributed by atoms with Crippen molar-refractivity contribution in [3.05, 3.63) is 59.4 Å². The molecule has 0 aliphatic heterocycles. The van der Waals surface area contributed by atoms with Crippen LogP contribution in [0.4, 0.5) is 4.39 Å². The lowest BCUT2D eigenvalue weighted by Gasteiger charge is -2.12. The van der Waals surface area contributed by atoms with Gasteiger partial charge in [-0.2, -0.15) is 0 Å². The maximum absolute atomic E-state index is 13.5. The summed E-state index contributed by atoms with van der Waals surface area (Å²) in [6, 6.07) is 11.1. The van der Waals surface area contributed by atoms with Gasteiger partial charge in [0.15, 0.2) is 0 Å². The number of carboxylic acids is 1. The van der Waals surface area contributed by atoms with Crippen molar-refractivity contribution in [2.75, 3.05) is 7.11 Å². The van der Waals surface area contributed by atoms with Crippen LogP contribution in [-0.2, 0) is 6.61 Å². The standard InChI is InChI=1S/C15H13FO4/c1-19-12-7-3-2-5-10(12)9-20-13-8-4-6-11(16)14(13)15(17)18/h2-8H,9H2,1H3,(H,17,18). The Morgan fingerprint density at radius 1 is 1.15 bits per heavy atom. The maximum Gasteiger partial charge on any atom is 0.342 e. The number of hydrogen-bond donors (Lipinski definition) is 1. The minimum absolute atomic E-state index is 0.0107. The molecule has 0 heterocycles. The first-order valence-electron chi connectivity index (χ1n) is 5.90. The summed E-state index contributed by atoms with van der Waals surface area (Å²) in [6.45, 7) is 0.0910. The molecule has 5 heteroatoms. The second-order valence-corrected chi connectivity index (χ2v) is 4.02. The summed E-state index contributed by atoms with van der Waals surface area (Å²) < 4.78 is 24.1. The fourth-order valence-corrected chi connectivity index (χ4v) is 1.81. The highest BCUT2D eigenvalue weighted by atomic mass is 19.1. The topological polar surface area (TPSA) is 55.8 Å². The number of aromatic carboxylic acids is 1. The van der Waals surface area contributed by atoms with E-state index in [-0.39, 0.29) is 12.4 Å². The Bertz CT molecular complexity index is 625. The Hall–Kier alpha value is -2.56. The third kappa shape index (κ3) is 2.88. The van der Waals surface area contributed by atoms with E-state index in [1.165, 1.54) is 19.2 Å². The first-order valence-corrected chi connectivity index (χ1v) is 5.90. The molecule has 2 aromatic rings. The van der Waals surface area contributed by atoms with E-state index >= 15 is 0 Å². The van der Waals surface area contributed by atoms with Crippen LogP contribution >= 0.6 is 0 Å². The molecule has 1 N–H and O–H groups in total. The van der Waals surface area contributed by atoms with Gasteiger partial charge in [-0.05, 0) is 18.2 Å². The molecule has 104 valence electrons. The van der Waals surface area contributed by atoms with Gasteiger partial charge in [0.2, 0.25) is 0 Å². The van der Waals surface area contributed by atoms with Gasteiger partial charge in [-0.25, -0.2) is 9.18 Å². The Kier molecular flexibility index (Phi) is 4.20. The molecule has 0 unspecified atom stereocenters. The lowest BCUT2D eigenvalue weighted by atomic mass is 10.2. The number of hydrogen-bond acceptors (Lipinski definition) is 3. The van der Waals surface area contributed by atoms with Crippen LogP contribution in [-0.4, -0.2) is 18.2 Å². The predicted octanol–water partition coefficient (Wildman–Crippen LogP) is 3.11.